The van der Waals surface area contributed by atoms with Gasteiger partial charge >= 0.3 is 0 Å². The molecule has 2 N–H and O–H groups in total. The van der Waals surface area contributed by atoms with E-state index < -0.39 is 0 Å². The summed E-state index contributed by atoms with van der Waals surface area (Å²) in [4.78, 5) is 25.2. The Hall–Kier alpha value is -1.92. The van der Waals surface area contributed by atoms with E-state index in [-0.39, 0.29) is 17.9 Å². The number of hydrogen-bond donors (Lipinski definition) is 2. The van der Waals surface area contributed by atoms with Crippen molar-refractivity contribution in [2.75, 3.05) is 39.2 Å². The zero-order chi connectivity index (χ0) is 15.2. The Bertz CT molecular complexity index is 493. The second-order valence-corrected chi connectivity index (χ2v) is 5.26. The predicted octanol–water partition coefficient (Wildman–Crippen LogP) is 0.705. The first-order valence-corrected chi connectivity index (χ1v) is 6.99. The summed E-state index contributed by atoms with van der Waals surface area (Å²) in [6.07, 6.45) is 0.373. The van der Waals surface area contributed by atoms with Crippen LogP contribution in [0.1, 0.15) is 16.8 Å². The molecule has 0 aromatic heterocycles. The van der Waals surface area contributed by atoms with E-state index in [4.69, 9.17) is 4.74 Å². The Labute approximate surface area is 124 Å². The molecule has 0 radical (unpaired) electrons. The van der Waals surface area contributed by atoms with Crippen LogP contribution in [0.5, 0.6) is 0 Å². The SMILES string of the molecule is CN(C)C(=O)c1ccc(NC(=O)CC2COCCN2)cc1. The molecule has 0 saturated carbocycles. The average Bonchev–Trinajstić information content (AvgIpc) is 2.48. The molecule has 1 fully saturated rings. The molecule has 1 aromatic rings. The molecule has 1 atom stereocenters. The van der Waals surface area contributed by atoms with Crippen LogP contribution in [-0.4, -0.2) is 56.6 Å². The van der Waals surface area contributed by atoms with Crippen molar-refractivity contribution in [3.8, 4) is 0 Å². The van der Waals surface area contributed by atoms with Gasteiger partial charge in [-0.05, 0) is 24.3 Å². The van der Waals surface area contributed by atoms with Crippen molar-refractivity contribution in [2.24, 2.45) is 0 Å². The van der Waals surface area contributed by atoms with E-state index in [9.17, 15) is 9.59 Å². The Morgan fingerprint density at radius 2 is 2.05 bits per heavy atom. The summed E-state index contributed by atoms with van der Waals surface area (Å²) >= 11 is 0. The minimum absolute atomic E-state index is 0.0589. The predicted molar refractivity (Wildman–Crippen MR) is 80.3 cm³/mol. The Morgan fingerprint density at radius 3 is 2.62 bits per heavy atom. The van der Waals surface area contributed by atoms with Gasteiger partial charge in [-0.2, -0.15) is 0 Å². The van der Waals surface area contributed by atoms with Gasteiger partial charge in [-0.1, -0.05) is 0 Å². The lowest BCUT2D eigenvalue weighted by Crippen LogP contribution is -2.43. The maximum Gasteiger partial charge on any atom is 0.253 e. The van der Waals surface area contributed by atoms with E-state index in [1.807, 2.05) is 0 Å². The number of hydrogen-bond acceptors (Lipinski definition) is 4. The van der Waals surface area contributed by atoms with E-state index in [1.165, 1.54) is 4.90 Å². The molecule has 0 aliphatic carbocycles. The molecule has 1 saturated heterocycles. The zero-order valence-electron chi connectivity index (χ0n) is 12.4. The van der Waals surface area contributed by atoms with Crippen LogP contribution < -0.4 is 10.6 Å². The van der Waals surface area contributed by atoms with E-state index in [0.29, 0.717) is 30.9 Å². The summed E-state index contributed by atoms with van der Waals surface area (Å²) in [5.41, 5.74) is 1.28. The van der Waals surface area contributed by atoms with Gasteiger partial charge in [-0.25, -0.2) is 0 Å². The monoisotopic (exact) mass is 291 g/mol. The molecule has 1 aliphatic rings. The third-order valence-corrected chi connectivity index (χ3v) is 3.25. The van der Waals surface area contributed by atoms with Crippen LogP contribution in [0, 0.1) is 0 Å². The molecule has 1 unspecified atom stereocenters. The topological polar surface area (TPSA) is 70.7 Å². The summed E-state index contributed by atoms with van der Waals surface area (Å²) in [7, 11) is 3.41. The van der Waals surface area contributed by atoms with Gasteiger partial charge in [0, 0.05) is 44.4 Å². The van der Waals surface area contributed by atoms with E-state index in [1.54, 1.807) is 38.4 Å². The van der Waals surface area contributed by atoms with Gasteiger partial charge in [-0.3, -0.25) is 9.59 Å². The number of nitrogens with zero attached hydrogens (tertiary/aromatic N) is 1. The van der Waals surface area contributed by atoms with Crippen molar-refractivity contribution in [3.63, 3.8) is 0 Å². The zero-order valence-corrected chi connectivity index (χ0v) is 12.4. The summed E-state index contributed by atoms with van der Waals surface area (Å²) in [5, 5.41) is 6.06. The molecule has 1 aromatic carbocycles. The number of amides is 2. The first-order chi connectivity index (χ1) is 10.1. The van der Waals surface area contributed by atoms with Crippen LogP contribution >= 0.6 is 0 Å². The minimum atomic E-state index is -0.0651. The number of carbonyl (C=O) groups excluding carboxylic acids is 2. The van der Waals surface area contributed by atoms with Crippen molar-refractivity contribution in [3.05, 3.63) is 29.8 Å². The third-order valence-electron chi connectivity index (χ3n) is 3.25. The molecule has 21 heavy (non-hydrogen) atoms. The van der Waals surface area contributed by atoms with Gasteiger partial charge in [0.15, 0.2) is 0 Å². The Kier molecular flexibility index (Phi) is 5.30. The third kappa shape index (κ3) is 4.54. The Balaban J connectivity index is 1.87. The number of anilines is 1. The summed E-state index contributed by atoms with van der Waals surface area (Å²) in [6.45, 7) is 2.03. The molecule has 1 aliphatic heterocycles. The summed E-state index contributed by atoms with van der Waals surface area (Å²) < 4.78 is 5.31. The van der Waals surface area contributed by atoms with Gasteiger partial charge in [-0.15, -0.1) is 0 Å². The van der Waals surface area contributed by atoms with E-state index >= 15 is 0 Å². The normalized spacial score (nSPS) is 18.1. The van der Waals surface area contributed by atoms with Crippen LogP contribution in [0.25, 0.3) is 0 Å². The number of ether oxygens (including phenoxy) is 1. The summed E-state index contributed by atoms with van der Waals surface area (Å²) in [5.74, 6) is -0.124. The van der Waals surface area contributed by atoms with Crippen LogP contribution in [0.4, 0.5) is 5.69 Å². The van der Waals surface area contributed by atoms with Crippen LogP contribution in [0.2, 0.25) is 0 Å². The fraction of sp³-hybridized carbons (Fsp3) is 0.467. The number of nitrogens with one attached hydrogen (secondary N) is 2. The van der Waals surface area contributed by atoms with Crippen molar-refractivity contribution >= 4 is 17.5 Å². The maximum absolute atomic E-state index is 11.9. The number of morpholine rings is 1. The van der Waals surface area contributed by atoms with Gasteiger partial charge in [0.1, 0.15) is 0 Å². The highest BCUT2D eigenvalue weighted by molar-refractivity contribution is 5.95. The molecular formula is C15H21N3O3. The highest BCUT2D eigenvalue weighted by Gasteiger charge is 2.17. The largest absolute Gasteiger partial charge is 0.378 e. The van der Waals surface area contributed by atoms with E-state index in [0.717, 1.165) is 6.54 Å². The molecule has 1 heterocycles. The fourth-order valence-electron chi connectivity index (χ4n) is 2.14. The van der Waals surface area contributed by atoms with Gasteiger partial charge in [0.2, 0.25) is 5.91 Å². The molecule has 2 amide bonds. The van der Waals surface area contributed by atoms with Crippen molar-refractivity contribution in [1.82, 2.24) is 10.2 Å². The number of benzene rings is 1. The first kappa shape index (κ1) is 15.5. The second-order valence-electron chi connectivity index (χ2n) is 5.26. The highest BCUT2D eigenvalue weighted by atomic mass is 16.5. The molecule has 0 bridgehead atoms. The quantitative estimate of drug-likeness (QED) is 0.857. The lowest BCUT2D eigenvalue weighted by atomic mass is 10.1. The molecule has 2 rings (SSSR count). The number of carbonyl (C=O) groups is 2. The highest BCUT2D eigenvalue weighted by Crippen LogP contribution is 2.11. The molecule has 114 valence electrons. The number of rotatable bonds is 4. The van der Waals surface area contributed by atoms with Crippen LogP contribution in [0.3, 0.4) is 0 Å². The molecule has 6 nitrogen and oxygen atoms in total. The summed E-state index contributed by atoms with van der Waals surface area (Å²) in [6, 6.07) is 6.95. The fourth-order valence-corrected chi connectivity index (χ4v) is 2.14. The van der Waals surface area contributed by atoms with Gasteiger partial charge in [0.25, 0.3) is 5.91 Å². The van der Waals surface area contributed by atoms with Crippen molar-refractivity contribution in [1.29, 1.82) is 0 Å². The van der Waals surface area contributed by atoms with Crippen LogP contribution in [-0.2, 0) is 9.53 Å². The first-order valence-electron chi connectivity index (χ1n) is 6.99. The lowest BCUT2D eigenvalue weighted by molar-refractivity contribution is -0.117. The molecular weight excluding hydrogens is 270 g/mol. The lowest BCUT2D eigenvalue weighted by Gasteiger charge is -2.23. The Morgan fingerprint density at radius 1 is 1.33 bits per heavy atom. The molecule has 6 heteroatoms. The van der Waals surface area contributed by atoms with Gasteiger partial charge in [0.05, 0.1) is 13.2 Å². The van der Waals surface area contributed by atoms with Crippen molar-refractivity contribution in [2.45, 2.75) is 12.5 Å². The smallest absolute Gasteiger partial charge is 0.253 e. The maximum atomic E-state index is 11.9. The minimum Gasteiger partial charge on any atom is -0.378 e. The van der Waals surface area contributed by atoms with E-state index in [2.05, 4.69) is 10.6 Å². The second kappa shape index (κ2) is 7.19. The van der Waals surface area contributed by atoms with Crippen LogP contribution in [0.15, 0.2) is 24.3 Å². The molecule has 0 spiro atoms. The standard InChI is InChI=1S/C15H21N3O3/c1-18(2)15(20)11-3-5-12(6-4-11)17-14(19)9-13-10-21-8-7-16-13/h3-6,13,16H,7-10H2,1-2H3,(H,17,19). The van der Waals surface area contributed by atoms with Gasteiger partial charge < -0.3 is 20.3 Å². The average molecular weight is 291 g/mol. The van der Waals surface area contributed by atoms with Crippen molar-refractivity contribution < 1.29 is 14.3 Å².